The van der Waals surface area contributed by atoms with Crippen molar-refractivity contribution in [3.63, 3.8) is 0 Å². The molecule has 0 saturated carbocycles. The standard InChI is InChI=1S/C22H26F2N4O3S/c23-17-3-8-21(20(24)15-17)32(30,31)28-13-11-26(12-14-28)16-22(29)25-18-4-6-19(7-5-18)27-9-1-2-10-27/h3-8,15H,1-2,9-14,16H2,(H,25,29). The molecule has 32 heavy (non-hydrogen) atoms. The Morgan fingerprint density at radius 3 is 2.19 bits per heavy atom. The van der Waals surface area contributed by atoms with Crippen LogP contribution in [0.5, 0.6) is 0 Å². The van der Waals surface area contributed by atoms with Gasteiger partial charge in [0.2, 0.25) is 15.9 Å². The van der Waals surface area contributed by atoms with Gasteiger partial charge < -0.3 is 10.2 Å². The van der Waals surface area contributed by atoms with Crippen LogP contribution >= 0.6 is 0 Å². The summed E-state index contributed by atoms with van der Waals surface area (Å²) in [5.41, 5.74) is 1.86. The largest absolute Gasteiger partial charge is 0.372 e. The van der Waals surface area contributed by atoms with Crippen molar-refractivity contribution in [2.45, 2.75) is 17.7 Å². The van der Waals surface area contributed by atoms with E-state index in [1.165, 1.54) is 12.8 Å². The van der Waals surface area contributed by atoms with Crippen molar-refractivity contribution < 1.29 is 22.0 Å². The molecule has 0 atom stereocenters. The van der Waals surface area contributed by atoms with E-state index >= 15 is 0 Å². The van der Waals surface area contributed by atoms with E-state index in [-0.39, 0.29) is 25.5 Å². The van der Waals surface area contributed by atoms with Gasteiger partial charge in [-0.15, -0.1) is 0 Å². The number of carbonyl (C=O) groups excluding carboxylic acids is 1. The first kappa shape index (κ1) is 22.6. The Hall–Kier alpha value is -2.56. The molecule has 7 nitrogen and oxygen atoms in total. The SMILES string of the molecule is O=C(CN1CCN(S(=O)(=O)c2ccc(F)cc2F)CC1)Nc1ccc(N2CCCC2)cc1. The third-order valence-corrected chi connectivity index (χ3v) is 7.76. The fourth-order valence-corrected chi connectivity index (χ4v) is 5.55. The molecule has 2 aromatic carbocycles. The van der Waals surface area contributed by atoms with Crippen LogP contribution in [-0.4, -0.2) is 69.3 Å². The minimum atomic E-state index is -4.06. The lowest BCUT2D eigenvalue weighted by molar-refractivity contribution is -0.117. The van der Waals surface area contributed by atoms with Gasteiger partial charge in [0.25, 0.3) is 0 Å². The third-order valence-electron chi connectivity index (χ3n) is 5.83. The fraction of sp³-hybridized carbons (Fsp3) is 0.409. The summed E-state index contributed by atoms with van der Waals surface area (Å²) >= 11 is 0. The second-order valence-corrected chi connectivity index (χ2v) is 9.95. The van der Waals surface area contributed by atoms with E-state index in [4.69, 9.17) is 0 Å². The number of sulfonamides is 1. The number of hydrogen-bond donors (Lipinski definition) is 1. The van der Waals surface area contributed by atoms with Gasteiger partial charge in [-0.25, -0.2) is 17.2 Å². The highest BCUT2D eigenvalue weighted by Gasteiger charge is 2.31. The highest BCUT2D eigenvalue weighted by Crippen LogP contribution is 2.23. The lowest BCUT2D eigenvalue weighted by Crippen LogP contribution is -2.50. The topological polar surface area (TPSA) is 73.0 Å². The second-order valence-electron chi connectivity index (χ2n) is 8.04. The van der Waals surface area contributed by atoms with E-state index in [2.05, 4.69) is 10.2 Å². The predicted octanol–water partition coefficient (Wildman–Crippen LogP) is 2.51. The predicted molar refractivity (Wildman–Crippen MR) is 118 cm³/mol. The molecule has 2 aliphatic heterocycles. The van der Waals surface area contributed by atoms with E-state index < -0.39 is 26.6 Å². The van der Waals surface area contributed by atoms with E-state index in [0.29, 0.717) is 24.8 Å². The van der Waals surface area contributed by atoms with Crippen molar-refractivity contribution in [1.29, 1.82) is 0 Å². The van der Waals surface area contributed by atoms with Gasteiger partial charge in [0, 0.05) is 56.7 Å². The molecule has 172 valence electrons. The van der Waals surface area contributed by atoms with Crippen molar-refractivity contribution in [1.82, 2.24) is 9.21 Å². The maximum atomic E-state index is 14.0. The lowest BCUT2D eigenvalue weighted by Gasteiger charge is -2.33. The number of carbonyl (C=O) groups is 1. The second kappa shape index (κ2) is 9.51. The van der Waals surface area contributed by atoms with Crippen LogP contribution in [0.15, 0.2) is 47.4 Å². The zero-order valence-electron chi connectivity index (χ0n) is 17.6. The number of hydrogen-bond acceptors (Lipinski definition) is 5. The molecule has 1 amide bonds. The van der Waals surface area contributed by atoms with Crippen LogP contribution < -0.4 is 10.2 Å². The molecule has 10 heteroatoms. The minimum absolute atomic E-state index is 0.122. The van der Waals surface area contributed by atoms with Gasteiger partial charge in [-0.1, -0.05) is 0 Å². The van der Waals surface area contributed by atoms with Crippen LogP contribution in [0.3, 0.4) is 0 Å². The van der Waals surface area contributed by atoms with Gasteiger partial charge in [-0.05, 0) is 49.2 Å². The molecule has 1 N–H and O–H groups in total. The van der Waals surface area contributed by atoms with Gasteiger partial charge in [0.1, 0.15) is 16.5 Å². The Bertz CT molecular complexity index is 1070. The van der Waals surface area contributed by atoms with Gasteiger partial charge in [0.05, 0.1) is 6.54 Å². The van der Waals surface area contributed by atoms with Crippen molar-refractivity contribution in [2.75, 3.05) is 56.0 Å². The third kappa shape index (κ3) is 5.08. The smallest absolute Gasteiger partial charge is 0.246 e. The fourth-order valence-electron chi connectivity index (χ4n) is 4.09. The molecule has 0 unspecified atom stereocenters. The molecule has 0 aliphatic carbocycles. The summed E-state index contributed by atoms with van der Waals surface area (Å²) < 4.78 is 53.6. The molecule has 0 aromatic heterocycles. The van der Waals surface area contributed by atoms with Crippen LogP contribution in [0.1, 0.15) is 12.8 Å². The number of nitrogens with zero attached hydrogens (tertiary/aromatic N) is 3. The first-order valence-electron chi connectivity index (χ1n) is 10.7. The molecule has 2 aliphatic rings. The quantitative estimate of drug-likeness (QED) is 0.711. The summed E-state index contributed by atoms with van der Waals surface area (Å²) in [6, 6.07) is 10.2. The highest BCUT2D eigenvalue weighted by atomic mass is 32.2. The Morgan fingerprint density at radius 2 is 1.56 bits per heavy atom. The monoisotopic (exact) mass is 464 g/mol. The first-order valence-corrected chi connectivity index (χ1v) is 12.1. The van der Waals surface area contributed by atoms with Crippen LogP contribution in [0.2, 0.25) is 0 Å². The minimum Gasteiger partial charge on any atom is -0.372 e. The van der Waals surface area contributed by atoms with Crippen LogP contribution in [0, 0.1) is 11.6 Å². The first-order chi connectivity index (χ1) is 15.3. The van der Waals surface area contributed by atoms with Crippen LogP contribution in [0.4, 0.5) is 20.2 Å². The van der Waals surface area contributed by atoms with Gasteiger partial charge >= 0.3 is 0 Å². The van der Waals surface area contributed by atoms with Crippen molar-refractivity contribution in [2.24, 2.45) is 0 Å². The molecule has 2 saturated heterocycles. The normalized spacial score (nSPS) is 18.1. The van der Waals surface area contributed by atoms with Gasteiger partial charge in [-0.3, -0.25) is 9.69 Å². The van der Waals surface area contributed by atoms with Gasteiger partial charge in [-0.2, -0.15) is 4.31 Å². The Morgan fingerprint density at radius 1 is 0.906 bits per heavy atom. The van der Waals surface area contributed by atoms with Gasteiger partial charge in [0.15, 0.2) is 0 Å². The maximum Gasteiger partial charge on any atom is 0.246 e. The summed E-state index contributed by atoms with van der Waals surface area (Å²) in [4.78, 5) is 16.0. The molecule has 2 fully saturated rings. The Balaban J connectivity index is 1.28. The molecule has 0 radical (unpaired) electrons. The molecule has 2 aromatic rings. The number of piperazine rings is 1. The lowest BCUT2D eigenvalue weighted by atomic mass is 10.2. The molecule has 2 heterocycles. The molecule has 0 bridgehead atoms. The number of benzene rings is 2. The van der Waals surface area contributed by atoms with Crippen LogP contribution in [-0.2, 0) is 14.8 Å². The molecule has 0 spiro atoms. The molecular weight excluding hydrogens is 438 g/mol. The molecular formula is C22H26F2N4O3S. The zero-order valence-corrected chi connectivity index (χ0v) is 18.5. The van der Waals surface area contributed by atoms with Crippen molar-refractivity contribution >= 4 is 27.3 Å². The average molecular weight is 465 g/mol. The Labute approximate surface area is 186 Å². The van der Waals surface area contributed by atoms with E-state index in [0.717, 1.165) is 35.2 Å². The molecule has 4 rings (SSSR count). The summed E-state index contributed by atoms with van der Waals surface area (Å²) in [5, 5.41) is 2.87. The Kier molecular flexibility index (Phi) is 6.73. The number of anilines is 2. The van der Waals surface area contributed by atoms with E-state index in [1.807, 2.05) is 29.2 Å². The summed E-state index contributed by atoms with van der Waals surface area (Å²) in [7, 11) is -4.06. The summed E-state index contributed by atoms with van der Waals surface area (Å²) in [6.07, 6.45) is 2.40. The average Bonchev–Trinajstić information content (AvgIpc) is 3.29. The number of halogens is 2. The number of nitrogens with one attached hydrogen (secondary N) is 1. The maximum absolute atomic E-state index is 14.0. The van der Waals surface area contributed by atoms with E-state index in [9.17, 15) is 22.0 Å². The van der Waals surface area contributed by atoms with E-state index in [1.54, 1.807) is 0 Å². The van der Waals surface area contributed by atoms with Crippen LogP contribution in [0.25, 0.3) is 0 Å². The number of rotatable bonds is 6. The highest BCUT2D eigenvalue weighted by molar-refractivity contribution is 7.89. The zero-order chi connectivity index (χ0) is 22.7. The summed E-state index contributed by atoms with van der Waals surface area (Å²) in [6.45, 7) is 3.16. The summed E-state index contributed by atoms with van der Waals surface area (Å²) in [5.74, 6) is -2.12. The number of amides is 1. The van der Waals surface area contributed by atoms with Crippen molar-refractivity contribution in [3.05, 3.63) is 54.1 Å². The van der Waals surface area contributed by atoms with Crippen molar-refractivity contribution in [3.8, 4) is 0 Å².